The fraction of sp³-hybridized carbons (Fsp3) is 0.333. The number of rotatable bonds is 7. The zero-order valence-electron chi connectivity index (χ0n) is 15.2. The predicted molar refractivity (Wildman–Crippen MR) is 97.8 cm³/mol. The summed E-state index contributed by atoms with van der Waals surface area (Å²) in [5, 5.41) is 2.65. The maximum Gasteiger partial charge on any atom is 0.344 e. The molecule has 0 heterocycles. The first kappa shape index (κ1) is 18.9. The molecule has 0 saturated heterocycles. The van der Waals surface area contributed by atoms with Gasteiger partial charge in [-0.1, -0.05) is 18.2 Å². The van der Waals surface area contributed by atoms with Crippen LogP contribution in [0.15, 0.2) is 42.5 Å². The standard InChI is InChI=1S/C21H22FNO4/c1-14(21(25)23-12-15-5-8-18(22)9-6-15)27-20(24)13-26-19-10-7-16-3-2-4-17(16)11-19/h5-11,14H,2-4,12-13H2,1H3,(H,23,25)/t14-/m0/s1. The van der Waals surface area contributed by atoms with Gasteiger partial charge in [-0.15, -0.1) is 0 Å². The molecule has 0 unspecified atom stereocenters. The molecule has 27 heavy (non-hydrogen) atoms. The first-order valence-corrected chi connectivity index (χ1v) is 8.97. The Morgan fingerprint density at radius 1 is 1.11 bits per heavy atom. The van der Waals surface area contributed by atoms with Crippen LogP contribution in [0.5, 0.6) is 5.75 Å². The Morgan fingerprint density at radius 2 is 1.85 bits per heavy atom. The molecule has 2 aromatic carbocycles. The minimum absolute atomic E-state index is 0.229. The van der Waals surface area contributed by atoms with Crippen molar-refractivity contribution in [1.82, 2.24) is 5.32 Å². The second-order valence-electron chi connectivity index (χ2n) is 6.55. The third-order valence-electron chi connectivity index (χ3n) is 4.48. The lowest BCUT2D eigenvalue weighted by Crippen LogP contribution is -2.36. The number of halogens is 1. The molecule has 3 rings (SSSR count). The van der Waals surface area contributed by atoms with Gasteiger partial charge in [-0.2, -0.15) is 0 Å². The smallest absolute Gasteiger partial charge is 0.344 e. The number of ether oxygens (including phenoxy) is 2. The zero-order chi connectivity index (χ0) is 19.2. The van der Waals surface area contributed by atoms with Gasteiger partial charge < -0.3 is 14.8 Å². The van der Waals surface area contributed by atoms with Gasteiger partial charge in [0.25, 0.3) is 5.91 Å². The van der Waals surface area contributed by atoms with Crippen molar-refractivity contribution in [3.8, 4) is 5.75 Å². The number of hydrogen-bond acceptors (Lipinski definition) is 4. The SMILES string of the molecule is C[C@H](OC(=O)COc1ccc2c(c1)CCC2)C(=O)NCc1ccc(F)cc1. The van der Waals surface area contributed by atoms with E-state index in [0.717, 1.165) is 24.8 Å². The van der Waals surface area contributed by atoms with Gasteiger partial charge in [0, 0.05) is 6.54 Å². The molecule has 1 aliphatic rings. The second kappa shape index (κ2) is 8.66. The summed E-state index contributed by atoms with van der Waals surface area (Å²) in [4.78, 5) is 23.9. The first-order chi connectivity index (χ1) is 13.0. The largest absolute Gasteiger partial charge is 0.482 e. The van der Waals surface area contributed by atoms with Crippen LogP contribution in [-0.2, 0) is 33.7 Å². The highest BCUT2D eigenvalue weighted by atomic mass is 19.1. The zero-order valence-corrected chi connectivity index (χ0v) is 15.2. The van der Waals surface area contributed by atoms with Gasteiger partial charge in [-0.3, -0.25) is 4.79 Å². The number of amides is 1. The lowest BCUT2D eigenvalue weighted by molar-refractivity contribution is -0.156. The number of hydrogen-bond donors (Lipinski definition) is 1. The van der Waals surface area contributed by atoms with E-state index < -0.39 is 18.0 Å². The highest BCUT2D eigenvalue weighted by Gasteiger charge is 2.18. The molecule has 1 atom stereocenters. The van der Waals surface area contributed by atoms with Crippen molar-refractivity contribution in [2.45, 2.75) is 38.8 Å². The summed E-state index contributed by atoms with van der Waals surface area (Å²) < 4.78 is 23.4. The Hall–Kier alpha value is -2.89. The number of fused-ring (bicyclic) bond motifs is 1. The minimum Gasteiger partial charge on any atom is -0.482 e. The molecule has 5 nitrogen and oxygen atoms in total. The van der Waals surface area contributed by atoms with E-state index in [0.29, 0.717) is 5.75 Å². The fourth-order valence-corrected chi connectivity index (χ4v) is 3.00. The van der Waals surface area contributed by atoms with E-state index in [4.69, 9.17) is 9.47 Å². The number of carbonyl (C=O) groups is 2. The van der Waals surface area contributed by atoms with E-state index in [9.17, 15) is 14.0 Å². The quantitative estimate of drug-likeness (QED) is 0.760. The summed E-state index contributed by atoms with van der Waals surface area (Å²) in [5.41, 5.74) is 3.34. The van der Waals surface area contributed by atoms with E-state index in [1.165, 1.54) is 30.2 Å². The molecule has 6 heteroatoms. The van der Waals surface area contributed by atoms with Crippen LogP contribution in [0.4, 0.5) is 4.39 Å². The first-order valence-electron chi connectivity index (χ1n) is 8.97. The number of nitrogens with one attached hydrogen (secondary N) is 1. The van der Waals surface area contributed by atoms with Crippen LogP contribution >= 0.6 is 0 Å². The maximum absolute atomic E-state index is 12.9. The molecule has 1 amide bonds. The summed E-state index contributed by atoms with van der Waals surface area (Å²) >= 11 is 0. The van der Waals surface area contributed by atoms with Gasteiger partial charge in [0.15, 0.2) is 12.7 Å². The van der Waals surface area contributed by atoms with E-state index in [2.05, 4.69) is 5.32 Å². The van der Waals surface area contributed by atoms with Crippen LogP contribution < -0.4 is 10.1 Å². The number of benzene rings is 2. The molecule has 1 aliphatic carbocycles. The summed E-state index contributed by atoms with van der Waals surface area (Å²) in [6.07, 6.45) is 2.32. The molecule has 0 saturated carbocycles. The molecule has 1 N–H and O–H groups in total. The summed E-state index contributed by atoms with van der Waals surface area (Å²) in [6, 6.07) is 11.6. The van der Waals surface area contributed by atoms with Crippen molar-refractivity contribution < 1.29 is 23.5 Å². The maximum atomic E-state index is 12.9. The van der Waals surface area contributed by atoms with E-state index in [-0.39, 0.29) is 19.0 Å². The fourth-order valence-electron chi connectivity index (χ4n) is 3.00. The molecular weight excluding hydrogens is 349 g/mol. The van der Waals surface area contributed by atoms with Gasteiger partial charge in [-0.05, 0) is 67.1 Å². The Bertz CT molecular complexity index is 819. The molecule has 0 fully saturated rings. The van der Waals surface area contributed by atoms with E-state index in [1.807, 2.05) is 18.2 Å². The highest BCUT2D eigenvalue weighted by Crippen LogP contribution is 2.25. The number of esters is 1. The van der Waals surface area contributed by atoms with Gasteiger partial charge in [0.1, 0.15) is 11.6 Å². The topological polar surface area (TPSA) is 64.6 Å². The molecule has 0 aromatic heterocycles. The lowest BCUT2D eigenvalue weighted by Gasteiger charge is -2.14. The van der Waals surface area contributed by atoms with Gasteiger partial charge in [0.05, 0.1) is 0 Å². The van der Waals surface area contributed by atoms with Crippen molar-refractivity contribution in [3.63, 3.8) is 0 Å². The van der Waals surface area contributed by atoms with Crippen molar-refractivity contribution >= 4 is 11.9 Å². The van der Waals surface area contributed by atoms with Crippen LogP contribution in [0.1, 0.15) is 30.0 Å². The summed E-state index contributed by atoms with van der Waals surface area (Å²) in [5.74, 6) is -0.748. The Balaban J connectivity index is 1.41. The van der Waals surface area contributed by atoms with Crippen LogP contribution in [0.3, 0.4) is 0 Å². The predicted octanol–water partition coefficient (Wildman–Crippen LogP) is 2.94. The van der Waals surface area contributed by atoms with Crippen molar-refractivity contribution in [3.05, 3.63) is 65.0 Å². The Labute approximate surface area is 157 Å². The third kappa shape index (κ3) is 5.29. The number of carbonyl (C=O) groups excluding carboxylic acids is 2. The number of aryl methyl sites for hydroxylation is 2. The van der Waals surface area contributed by atoms with Crippen LogP contribution in [0.25, 0.3) is 0 Å². The molecular formula is C21H22FNO4. The third-order valence-corrected chi connectivity index (χ3v) is 4.48. The molecule has 142 valence electrons. The average molecular weight is 371 g/mol. The van der Waals surface area contributed by atoms with E-state index in [1.54, 1.807) is 12.1 Å². The molecule has 0 spiro atoms. The Morgan fingerprint density at radius 3 is 2.63 bits per heavy atom. The van der Waals surface area contributed by atoms with Crippen molar-refractivity contribution in [2.24, 2.45) is 0 Å². The van der Waals surface area contributed by atoms with E-state index >= 15 is 0 Å². The average Bonchev–Trinajstić information content (AvgIpc) is 3.13. The van der Waals surface area contributed by atoms with Gasteiger partial charge in [0.2, 0.25) is 0 Å². The normalized spacial score (nSPS) is 13.6. The summed E-state index contributed by atoms with van der Waals surface area (Å²) in [6.45, 7) is 1.47. The molecule has 0 bridgehead atoms. The van der Waals surface area contributed by atoms with Crippen LogP contribution in [0.2, 0.25) is 0 Å². The van der Waals surface area contributed by atoms with Crippen LogP contribution in [-0.4, -0.2) is 24.6 Å². The molecule has 0 aliphatic heterocycles. The Kier molecular flexibility index (Phi) is 6.06. The monoisotopic (exact) mass is 371 g/mol. The lowest BCUT2D eigenvalue weighted by atomic mass is 10.1. The minimum atomic E-state index is -0.943. The highest BCUT2D eigenvalue weighted by molar-refractivity contribution is 5.83. The summed E-state index contributed by atoms with van der Waals surface area (Å²) in [7, 11) is 0. The van der Waals surface area contributed by atoms with Gasteiger partial charge in [-0.25, -0.2) is 9.18 Å². The van der Waals surface area contributed by atoms with Crippen molar-refractivity contribution in [2.75, 3.05) is 6.61 Å². The molecule has 2 aromatic rings. The van der Waals surface area contributed by atoms with Crippen LogP contribution in [0, 0.1) is 5.82 Å². The molecule has 0 radical (unpaired) electrons. The van der Waals surface area contributed by atoms with Crippen molar-refractivity contribution in [1.29, 1.82) is 0 Å². The second-order valence-corrected chi connectivity index (χ2v) is 6.55. The van der Waals surface area contributed by atoms with Gasteiger partial charge >= 0.3 is 5.97 Å².